The standard InChI is InChI=1S/C16H22FNO2/c1-3-13-6-4-5-9-18(13)11-12-7-8-14(15(17)10-12)16(19)20-2/h7-8,10,13H,3-6,9,11H2,1-2H3. The van der Waals surface area contributed by atoms with Crippen molar-refractivity contribution in [3.63, 3.8) is 0 Å². The SMILES string of the molecule is CCC1CCCCN1Cc1ccc(C(=O)OC)c(F)c1. The topological polar surface area (TPSA) is 29.5 Å². The molecule has 0 amide bonds. The molecular weight excluding hydrogens is 257 g/mol. The normalized spacial score (nSPS) is 19.9. The van der Waals surface area contributed by atoms with E-state index in [0.717, 1.165) is 25.1 Å². The minimum atomic E-state index is -0.626. The van der Waals surface area contributed by atoms with E-state index in [-0.39, 0.29) is 5.56 Å². The molecule has 1 aliphatic rings. The molecule has 1 unspecified atom stereocenters. The van der Waals surface area contributed by atoms with Gasteiger partial charge >= 0.3 is 5.97 Å². The van der Waals surface area contributed by atoms with E-state index in [0.29, 0.717) is 6.04 Å². The van der Waals surface area contributed by atoms with E-state index >= 15 is 0 Å². The van der Waals surface area contributed by atoms with Crippen LogP contribution < -0.4 is 0 Å². The van der Waals surface area contributed by atoms with Crippen LogP contribution in [0.25, 0.3) is 0 Å². The molecule has 1 aliphatic heterocycles. The third kappa shape index (κ3) is 3.37. The van der Waals surface area contributed by atoms with E-state index in [2.05, 4.69) is 16.6 Å². The highest BCUT2D eigenvalue weighted by molar-refractivity contribution is 5.89. The first kappa shape index (κ1) is 15.0. The van der Waals surface area contributed by atoms with Crippen molar-refractivity contribution in [2.75, 3.05) is 13.7 Å². The number of carbonyl (C=O) groups is 1. The van der Waals surface area contributed by atoms with Crippen LogP contribution in [0.2, 0.25) is 0 Å². The zero-order valence-corrected chi connectivity index (χ0v) is 12.2. The summed E-state index contributed by atoms with van der Waals surface area (Å²) in [6.45, 7) is 4.01. The van der Waals surface area contributed by atoms with Crippen LogP contribution in [0, 0.1) is 5.82 Å². The number of esters is 1. The fourth-order valence-electron chi connectivity index (χ4n) is 2.90. The Morgan fingerprint density at radius 1 is 1.45 bits per heavy atom. The Hall–Kier alpha value is -1.42. The number of nitrogens with zero attached hydrogens (tertiary/aromatic N) is 1. The van der Waals surface area contributed by atoms with Crippen molar-refractivity contribution in [3.05, 3.63) is 35.1 Å². The van der Waals surface area contributed by atoms with E-state index in [1.54, 1.807) is 0 Å². The predicted octanol–water partition coefficient (Wildman–Crippen LogP) is 3.38. The summed E-state index contributed by atoms with van der Waals surface area (Å²) in [7, 11) is 1.26. The van der Waals surface area contributed by atoms with Crippen molar-refractivity contribution in [2.45, 2.75) is 45.2 Å². The summed E-state index contributed by atoms with van der Waals surface area (Å²) in [5.74, 6) is -1.13. The van der Waals surface area contributed by atoms with Crippen LogP contribution in [0.1, 0.15) is 48.5 Å². The maximum absolute atomic E-state index is 13.9. The third-order valence-electron chi connectivity index (χ3n) is 4.04. The van der Waals surface area contributed by atoms with E-state index in [1.165, 1.54) is 38.5 Å². The molecule has 20 heavy (non-hydrogen) atoms. The minimum Gasteiger partial charge on any atom is -0.465 e. The summed E-state index contributed by atoms with van der Waals surface area (Å²) in [6, 6.07) is 5.37. The fourth-order valence-corrected chi connectivity index (χ4v) is 2.90. The molecule has 1 atom stereocenters. The van der Waals surface area contributed by atoms with Gasteiger partial charge in [0.05, 0.1) is 12.7 Å². The molecule has 1 fully saturated rings. The summed E-state index contributed by atoms with van der Waals surface area (Å²) in [6.07, 6.45) is 4.84. The van der Waals surface area contributed by atoms with E-state index in [4.69, 9.17) is 0 Å². The first-order valence-corrected chi connectivity index (χ1v) is 7.26. The van der Waals surface area contributed by atoms with Crippen molar-refractivity contribution >= 4 is 5.97 Å². The number of methoxy groups -OCH3 is 1. The van der Waals surface area contributed by atoms with Crippen molar-refractivity contribution in [1.29, 1.82) is 0 Å². The number of hydrogen-bond donors (Lipinski definition) is 0. The second-order valence-corrected chi connectivity index (χ2v) is 5.33. The Labute approximate surface area is 119 Å². The average molecular weight is 279 g/mol. The Morgan fingerprint density at radius 3 is 2.90 bits per heavy atom. The number of benzene rings is 1. The van der Waals surface area contributed by atoms with Gasteiger partial charge in [0.1, 0.15) is 5.82 Å². The Morgan fingerprint density at radius 2 is 2.25 bits per heavy atom. The molecule has 1 aromatic rings. The number of carbonyl (C=O) groups excluding carboxylic acids is 1. The molecule has 0 radical (unpaired) electrons. The van der Waals surface area contributed by atoms with Crippen LogP contribution in [0.3, 0.4) is 0 Å². The molecule has 4 heteroatoms. The second kappa shape index (κ2) is 6.84. The third-order valence-corrected chi connectivity index (χ3v) is 4.04. The van der Waals surface area contributed by atoms with Crippen molar-refractivity contribution in [2.24, 2.45) is 0 Å². The molecule has 0 N–H and O–H groups in total. The molecule has 1 heterocycles. The van der Waals surface area contributed by atoms with Crippen LogP contribution in [-0.4, -0.2) is 30.6 Å². The zero-order chi connectivity index (χ0) is 14.5. The summed E-state index contributed by atoms with van der Waals surface area (Å²) in [5, 5.41) is 0. The molecule has 0 aliphatic carbocycles. The maximum atomic E-state index is 13.9. The van der Waals surface area contributed by atoms with Crippen LogP contribution in [0.5, 0.6) is 0 Å². The predicted molar refractivity (Wildman–Crippen MR) is 76.1 cm³/mol. The van der Waals surface area contributed by atoms with Crippen LogP contribution in [-0.2, 0) is 11.3 Å². The minimum absolute atomic E-state index is 0.00179. The van der Waals surface area contributed by atoms with Crippen LogP contribution in [0.15, 0.2) is 18.2 Å². The smallest absolute Gasteiger partial charge is 0.340 e. The quantitative estimate of drug-likeness (QED) is 0.791. The van der Waals surface area contributed by atoms with Gasteiger partial charge in [-0.1, -0.05) is 19.4 Å². The Kier molecular flexibility index (Phi) is 5.12. The molecule has 1 aromatic carbocycles. The molecule has 2 rings (SSSR count). The first-order chi connectivity index (χ1) is 9.65. The molecule has 110 valence electrons. The molecule has 0 saturated carbocycles. The van der Waals surface area contributed by atoms with E-state index in [9.17, 15) is 9.18 Å². The number of rotatable bonds is 4. The molecule has 0 spiro atoms. The molecule has 0 bridgehead atoms. The Balaban J connectivity index is 2.09. The van der Waals surface area contributed by atoms with E-state index in [1.807, 2.05) is 6.07 Å². The highest BCUT2D eigenvalue weighted by Crippen LogP contribution is 2.22. The molecular formula is C16H22FNO2. The van der Waals surface area contributed by atoms with Gasteiger partial charge in [0.2, 0.25) is 0 Å². The van der Waals surface area contributed by atoms with Gasteiger partial charge in [-0.25, -0.2) is 9.18 Å². The summed E-state index contributed by atoms with van der Waals surface area (Å²) >= 11 is 0. The van der Waals surface area contributed by atoms with Gasteiger partial charge in [-0.2, -0.15) is 0 Å². The van der Waals surface area contributed by atoms with Crippen LogP contribution >= 0.6 is 0 Å². The lowest BCUT2D eigenvalue weighted by atomic mass is 9.99. The highest BCUT2D eigenvalue weighted by Gasteiger charge is 2.21. The lowest BCUT2D eigenvalue weighted by Crippen LogP contribution is -2.38. The first-order valence-electron chi connectivity index (χ1n) is 7.26. The summed E-state index contributed by atoms with van der Waals surface area (Å²) in [5.41, 5.74) is 0.914. The van der Waals surface area contributed by atoms with E-state index < -0.39 is 11.8 Å². The number of piperidine rings is 1. The largest absolute Gasteiger partial charge is 0.465 e. The lowest BCUT2D eigenvalue weighted by molar-refractivity contribution is 0.0595. The van der Waals surface area contributed by atoms with Gasteiger partial charge in [-0.15, -0.1) is 0 Å². The fraction of sp³-hybridized carbons (Fsp3) is 0.562. The number of hydrogen-bond acceptors (Lipinski definition) is 3. The Bertz CT molecular complexity index is 476. The summed E-state index contributed by atoms with van der Waals surface area (Å²) < 4.78 is 18.5. The monoisotopic (exact) mass is 279 g/mol. The zero-order valence-electron chi connectivity index (χ0n) is 12.2. The van der Waals surface area contributed by atoms with Crippen molar-refractivity contribution in [3.8, 4) is 0 Å². The van der Waals surface area contributed by atoms with Gasteiger partial charge in [0.25, 0.3) is 0 Å². The van der Waals surface area contributed by atoms with Gasteiger partial charge in [-0.05, 0) is 43.5 Å². The van der Waals surface area contributed by atoms with Gasteiger partial charge in [0.15, 0.2) is 0 Å². The second-order valence-electron chi connectivity index (χ2n) is 5.33. The molecule has 3 nitrogen and oxygen atoms in total. The number of likely N-dealkylation sites (tertiary alicyclic amines) is 1. The van der Waals surface area contributed by atoms with Crippen molar-refractivity contribution < 1.29 is 13.9 Å². The highest BCUT2D eigenvalue weighted by atomic mass is 19.1. The van der Waals surface area contributed by atoms with Gasteiger partial charge in [0, 0.05) is 12.6 Å². The summed E-state index contributed by atoms with van der Waals surface area (Å²) in [4.78, 5) is 13.8. The van der Waals surface area contributed by atoms with Crippen molar-refractivity contribution in [1.82, 2.24) is 4.90 Å². The van der Waals surface area contributed by atoms with Gasteiger partial charge in [-0.3, -0.25) is 4.90 Å². The number of ether oxygens (including phenoxy) is 1. The number of halogens is 1. The molecule has 1 saturated heterocycles. The van der Waals surface area contributed by atoms with Crippen LogP contribution in [0.4, 0.5) is 4.39 Å². The van der Waals surface area contributed by atoms with Gasteiger partial charge < -0.3 is 4.74 Å². The lowest BCUT2D eigenvalue weighted by Gasteiger charge is -2.35. The maximum Gasteiger partial charge on any atom is 0.340 e. The molecule has 0 aromatic heterocycles. The average Bonchev–Trinajstić information content (AvgIpc) is 2.47.